The Balaban J connectivity index is 1.61. The molecule has 0 radical (unpaired) electrons. The Hall–Kier alpha value is -2.00. The molecule has 8 heteroatoms. The Labute approximate surface area is 170 Å². The van der Waals surface area contributed by atoms with Crippen molar-refractivity contribution in [1.29, 1.82) is 0 Å². The average molecular weight is 450 g/mol. The van der Waals surface area contributed by atoms with E-state index in [2.05, 4.69) is 32.1 Å². The van der Waals surface area contributed by atoms with Gasteiger partial charge in [-0.3, -0.25) is 10.1 Å². The van der Waals surface area contributed by atoms with E-state index in [0.29, 0.717) is 6.42 Å². The fourth-order valence-electron chi connectivity index (χ4n) is 4.25. The van der Waals surface area contributed by atoms with E-state index < -0.39 is 11.9 Å². The number of rotatable bonds is 4. The second-order valence-electron chi connectivity index (χ2n) is 7.17. The topological polar surface area (TPSA) is 82.6 Å². The van der Waals surface area contributed by atoms with Gasteiger partial charge in [0.1, 0.15) is 11.6 Å². The Bertz CT molecular complexity index is 879. The molecular formula is C20H21BrFN3O3. The quantitative estimate of drug-likeness (QED) is 0.573. The molecule has 2 aromatic rings. The van der Waals surface area contributed by atoms with Crippen LogP contribution in [0, 0.1) is 17.7 Å². The van der Waals surface area contributed by atoms with Crippen molar-refractivity contribution in [1.82, 2.24) is 16.2 Å². The van der Waals surface area contributed by atoms with Gasteiger partial charge in [-0.25, -0.2) is 15.2 Å². The fraction of sp³-hybridized carbons (Fsp3) is 0.350. The summed E-state index contributed by atoms with van der Waals surface area (Å²) in [6, 6.07) is 11.6. The molecule has 148 valence electrons. The van der Waals surface area contributed by atoms with Crippen molar-refractivity contribution in [3.05, 3.63) is 63.9 Å². The number of benzene rings is 2. The maximum Gasteiger partial charge on any atom is 0.307 e. The molecule has 0 bridgehead atoms. The molecule has 0 aliphatic carbocycles. The van der Waals surface area contributed by atoms with Crippen molar-refractivity contribution in [3.63, 3.8) is 0 Å². The van der Waals surface area contributed by atoms with Crippen molar-refractivity contribution >= 4 is 21.9 Å². The van der Waals surface area contributed by atoms with Gasteiger partial charge in [-0.2, -0.15) is 0 Å². The Morgan fingerprint density at radius 3 is 2.54 bits per heavy atom. The van der Waals surface area contributed by atoms with Gasteiger partial charge in [-0.05, 0) is 57.7 Å². The lowest BCUT2D eigenvalue weighted by atomic mass is 9.75. The Morgan fingerprint density at radius 2 is 1.89 bits per heavy atom. The van der Waals surface area contributed by atoms with Crippen LogP contribution >= 0.6 is 15.9 Å². The van der Waals surface area contributed by atoms with Crippen molar-refractivity contribution < 1.29 is 19.0 Å². The zero-order valence-corrected chi connectivity index (χ0v) is 16.7. The number of ether oxygens (including phenoxy) is 1. The molecule has 0 spiro atoms. The first-order valence-electron chi connectivity index (χ1n) is 9.06. The number of hydrazine groups is 1. The van der Waals surface area contributed by atoms with Crippen molar-refractivity contribution in [2.75, 3.05) is 7.11 Å². The number of piperidine rings is 1. The number of carbonyl (C=O) groups is 1. The van der Waals surface area contributed by atoms with Crippen LogP contribution in [0.3, 0.4) is 0 Å². The predicted octanol–water partition coefficient (Wildman–Crippen LogP) is 3.12. The smallest absolute Gasteiger partial charge is 0.307 e. The molecule has 4 rings (SSSR count). The zero-order valence-electron chi connectivity index (χ0n) is 15.2. The van der Waals surface area contributed by atoms with Crippen molar-refractivity contribution in [3.8, 4) is 5.75 Å². The molecule has 5 atom stereocenters. The predicted molar refractivity (Wildman–Crippen MR) is 105 cm³/mol. The lowest BCUT2D eigenvalue weighted by Crippen LogP contribution is -2.53. The minimum absolute atomic E-state index is 0.120. The van der Waals surface area contributed by atoms with Gasteiger partial charge >= 0.3 is 5.97 Å². The minimum Gasteiger partial charge on any atom is -0.496 e. The molecule has 4 N–H and O–H groups in total. The number of fused-ring (bicyclic) bond motifs is 1. The fourth-order valence-corrected chi connectivity index (χ4v) is 4.81. The largest absolute Gasteiger partial charge is 0.496 e. The van der Waals surface area contributed by atoms with Gasteiger partial charge in [0.2, 0.25) is 0 Å². The van der Waals surface area contributed by atoms with Crippen LogP contribution in [0.25, 0.3) is 0 Å². The van der Waals surface area contributed by atoms with Gasteiger partial charge in [0, 0.05) is 12.0 Å². The summed E-state index contributed by atoms with van der Waals surface area (Å²) in [5.41, 5.74) is 8.23. The number of hydrogen-bond acceptors (Lipinski definition) is 5. The van der Waals surface area contributed by atoms with Crippen LogP contribution in [0.4, 0.5) is 4.39 Å². The molecule has 2 aliphatic rings. The number of hydrogen-bond donors (Lipinski definition) is 4. The monoisotopic (exact) mass is 449 g/mol. The summed E-state index contributed by atoms with van der Waals surface area (Å²) in [6.45, 7) is 0. The molecule has 2 heterocycles. The number of aliphatic carboxylic acids is 1. The molecule has 6 nitrogen and oxygen atoms in total. The van der Waals surface area contributed by atoms with Crippen LogP contribution in [-0.4, -0.2) is 24.4 Å². The van der Waals surface area contributed by atoms with Gasteiger partial charge in [-0.1, -0.05) is 18.2 Å². The van der Waals surface area contributed by atoms with Crippen LogP contribution in [0.2, 0.25) is 0 Å². The second-order valence-corrected chi connectivity index (χ2v) is 8.02. The molecule has 5 unspecified atom stereocenters. The van der Waals surface area contributed by atoms with Gasteiger partial charge < -0.3 is 9.84 Å². The third-order valence-electron chi connectivity index (χ3n) is 5.62. The summed E-state index contributed by atoms with van der Waals surface area (Å²) in [4.78, 5) is 12.1. The van der Waals surface area contributed by atoms with Crippen LogP contribution in [-0.2, 0) is 4.79 Å². The van der Waals surface area contributed by atoms with Crippen molar-refractivity contribution in [2.45, 2.75) is 24.7 Å². The molecule has 2 aliphatic heterocycles. The molecule has 2 saturated heterocycles. The highest BCUT2D eigenvalue weighted by atomic mass is 79.9. The SMILES string of the molecule is COc1ccc(C2CC(C(=O)O)C3C(NNC3c3ccc(F)cc3)N2)cc1Br. The molecule has 2 fully saturated rings. The Morgan fingerprint density at radius 1 is 1.18 bits per heavy atom. The Kier molecular flexibility index (Phi) is 5.37. The van der Waals surface area contributed by atoms with E-state index in [-0.39, 0.29) is 30.0 Å². The molecular weight excluding hydrogens is 429 g/mol. The number of carboxylic acid groups (broad SMARTS) is 1. The van der Waals surface area contributed by atoms with Gasteiger partial charge in [0.05, 0.1) is 29.7 Å². The normalized spacial score (nSPS) is 29.3. The van der Waals surface area contributed by atoms with Crippen LogP contribution in [0.5, 0.6) is 5.75 Å². The second kappa shape index (κ2) is 7.79. The highest BCUT2D eigenvalue weighted by molar-refractivity contribution is 9.10. The van der Waals surface area contributed by atoms with Crippen LogP contribution in [0.1, 0.15) is 29.6 Å². The van der Waals surface area contributed by atoms with Crippen LogP contribution in [0.15, 0.2) is 46.9 Å². The molecule has 0 saturated carbocycles. The third-order valence-corrected chi connectivity index (χ3v) is 6.24. The van der Waals surface area contributed by atoms with Crippen LogP contribution < -0.4 is 20.9 Å². The van der Waals surface area contributed by atoms with E-state index in [4.69, 9.17) is 4.74 Å². The summed E-state index contributed by atoms with van der Waals surface area (Å²) in [6.07, 6.45) is 0.229. The van der Waals surface area contributed by atoms with E-state index in [1.54, 1.807) is 19.2 Å². The molecule has 28 heavy (non-hydrogen) atoms. The lowest BCUT2D eigenvalue weighted by Gasteiger charge is -2.39. The first kappa shape index (κ1) is 19.3. The standard InChI is InChI=1S/C20H21BrFN3O3/c1-28-16-7-4-11(8-14(16)21)15-9-13(20(26)27)17-18(24-25-19(17)23-15)10-2-5-12(22)6-3-10/h2-8,13,15,17-19,23-25H,9H2,1H3,(H,26,27). The summed E-state index contributed by atoms with van der Waals surface area (Å²) >= 11 is 3.49. The number of halogens is 2. The van der Waals surface area contributed by atoms with Gasteiger partial charge in [0.25, 0.3) is 0 Å². The zero-order chi connectivity index (χ0) is 19.8. The van der Waals surface area contributed by atoms with E-state index >= 15 is 0 Å². The minimum atomic E-state index is -0.827. The maximum absolute atomic E-state index is 13.3. The third kappa shape index (κ3) is 3.53. The summed E-state index contributed by atoms with van der Waals surface area (Å²) < 4.78 is 19.4. The summed E-state index contributed by atoms with van der Waals surface area (Å²) in [7, 11) is 1.60. The maximum atomic E-state index is 13.3. The lowest BCUT2D eigenvalue weighted by molar-refractivity contribution is -0.146. The van der Waals surface area contributed by atoms with E-state index in [1.807, 2.05) is 18.2 Å². The van der Waals surface area contributed by atoms with E-state index in [0.717, 1.165) is 21.3 Å². The number of nitrogens with one attached hydrogen (secondary N) is 3. The summed E-state index contributed by atoms with van der Waals surface area (Å²) in [5, 5.41) is 13.4. The highest BCUT2D eigenvalue weighted by Gasteiger charge is 2.49. The number of methoxy groups -OCH3 is 1. The molecule has 0 aromatic heterocycles. The molecule has 0 amide bonds. The van der Waals surface area contributed by atoms with E-state index in [1.165, 1.54) is 12.1 Å². The van der Waals surface area contributed by atoms with Gasteiger partial charge in [0.15, 0.2) is 0 Å². The highest BCUT2D eigenvalue weighted by Crippen LogP contribution is 2.43. The first-order chi connectivity index (χ1) is 13.5. The average Bonchev–Trinajstić information content (AvgIpc) is 3.11. The van der Waals surface area contributed by atoms with Crippen molar-refractivity contribution in [2.24, 2.45) is 11.8 Å². The van der Waals surface area contributed by atoms with Gasteiger partial charge in [-0.15, -0.1) is 0 Å². The molecule has 2 aromatic carbocycles. The van der Waals surface area contributed by atoms with E-state index in [9.17, 15) is 14.3 Å². The first-order valence-corrected chi connectivity index (χ1v) is 9.86. The number of carboxylic acids is 1. The summed E-state index contributed by atoms with van der Waals surface area (Å²) in [5.74, 6) is -1.18.